The van der Waals surface area contributed by atoms with Crippen molar-refractivity contribution in [2.24, 2.45) is 11.8 Å². The van der Waals surface area contributed by atoms with Gasteiger partial charge in [0, 0.05) is 17.3 Å². The normalized spacial score (nSPS) is 19.1. The third-order valence-electron chi connectivity index (χ3n) is 5.69. The van der Waals surface area contributed by atoms with Gasteiger partial charge < -0.3 is 10.1 Å². The van der Waals surface area contributed by atoms with Gasteiger partial charge in [-0.15, -0.1) is 0 Å². The smallest absolute Gasteiger partial charge is 0.392 e. The van der Waals surface area contributed by atoms with Gasteiger partial charge in [0.1, 0.15) is 5.75 Å². The Kier molecular flexibility index (Phi) is 7.56. The Bertz CT molecular complexity index is 1090. The number of amides is 1. The zero-order chi connectivity index (χ0) is 24.2. The Balaban J connectivity index is 1.79. The molecule has 1 aliphatic rings. The summed E-state index contributed by atoms with van der Waals surface area (Å²) in [4.78, 5) is 12.6. The summed E-state index contributed by atoms with van der Waals surface area (Å²) in [7, 11) is -4.01. The lowest BCUT2D eigenvalue weighted by Gasteiger charge is -2.32. The summed E-state index contributed by atoms with van der Waals surface area (Å²) in [5.41, 5.74) is 0.879. The molecule has 0 aromatic heterocycles. The fourth-order valence-corrected chi connectivity index (χ4v) is 5.37. The average Bonchev–Trinajstić information content (AvgIpc) is 2.75. The number of carbonyl (C=O) groups is 1. The highest BCUT2D eigenvalue weighted by Gasteiger charge is 2.48. The molecular weight excluding hydrogens is 457 g/mol. The van der Waals surface area contributed by atoms with E-state index in [1.165, 1.54) is 18.2 Å². The van der Waals surface area contributed by atoms with Crippen LogP contribution in [0.1, 0.15) is 38.2 Å². The first-order chi connectivity index (χ1) is 15.5. The van der Waals surface area contributed by atoms with Gasteiger partial charge >= 0.3 is 6.18 Å². The van der Waals surface area contributed by atoms with E-state index in [-0.39, 0.29) is 23.4 Å². The predicted molar refractivity (Wildman–Crippen MR) is 120 cm³/mol. The first-order valence-electron chi connectivity index (χ1n) is 10.7. The molecule has 2 N–H and O–H groups in total. The second-order valence-electron chi connectivity index (χ2n) is 8.07. The van der Waals surface area contributed by atoms with Crippen molar-refractivity contribution in [1.82, 2.24) is 0 Å². The summed E-state index contributed by atoms with van der Waals surface area (Å²) in [6, 6.07) is 10.6. The fourth-order valence-electron chi connectivity index (χ4n) is 4.03. The molecule has 0 heterocycles. The quantitative estimate of drug-likeness (QED) is 0.543. The number of aryl methyl sites for hydroxylation is 1. The zero-order valence-electron chi connectivity index (χ0n) is 18.4. The van der Waals surface area contributed by atoms with E-state index >= 15 is 0 Å². The molecule has 3 rings (SSSR count). The van der Waals surface area contributed by atoms with E-state index in [0.29, 0.717) is 36.4 Å². The maximum absolute atomic E-state index is 13.4. The van der Waals surface area contributed by atoms with Crippen LogP contribution in [0, 0.1) is 18.8 Å². The lowest BCUT2D eigenvalue weighted by Crippen LogP contribution is -2.39. The monoisotopic (exact) mass is 484 g/mol. The second-order valence-corrected chi connectivity index (χ2v) is 9.72. The Labute approximate surface area is 191 Å². The van der Waals surface area contributed by atoms with Gasteiger partial charge in [-0.05, 0) is 68.7 Å². The molecule has 33 heavy (non-hydrogen) atoms. The van der Waals surface area contributed by atoms with Crippen LogP contribution in [0.15, 0.2) is 47.4 Å². The number of alkyl halides is 3. The molecule has 1 saturated carbocycles. The van der Waals surface area contributed by atoms with Crippen LogP contribution in [-0.4, -0.2) is 27.1 Å². The highest BCUT2D eigenvalue weighted by atomic mass is 32.2. The summed E-state index contributed by atoms with van der Waals surface area (Å²) in [6.07, 6.45) is -3.42. The molecule has 2 unspecified atom stereocenters. The van der Waals surface area contributed by atoms with E-state index in [1.807, 2.05) is 6.92 Å². The van der Waals surface area contributed by atoms with Gasteiger partial charge in [0.15, 0.2) is 0 Å². The molecule has 0 saturated heterocycles. The van der Waals surface area contributed by atoms with Crippen molar-refractivity contribution in [1.29, 1.82) is 0 Å². The van der Waals surface area contributed by atoms with E-state index in [1.54, 1.807) is 31.2 Å². The minimum atomic E-state index is -4.45. The van der Waals surface area contributed by atoms with Crippen LogP contribution in [0.5, 0.6) is 5.75 Å². The zero-order valence-corrected chi connectivity index (χ0v) is 19.2. The van der Waals surface area contributed by atoms with Gasteiger partial charge in [0.2, 0.25) is 5.91 Å². The minimum absolute atomic E-state index is 0.0785. The molecule has 1 aliphatic carbocycles. The van der Waals surface area contributed by atoms with Gasteiger partial charge in [-0.1, -0.05) is 18.9 Å². The standard InChI is InChI=1S/C23H27F3N2O4S/c1-3-32-18-12-10-16(11-13-18)28-33(30,31)21-14-17(9-8-15(21)2)27-22(29)19-6-4-5-7-20(19)23(24,25)26/h8-14,19-20,28H,3-7H2,1-2H3,(H,27,29). The highest BCUT2D eigenvalue weighted by Crippen LogP contribution is 2.42. The minimum Gasteiger partial charge on any atom is -0.494 e. The molecule has 0 bridgehead atoms. The van der Waals surface area contributed by atoms with Gasteiger partial charge in [-0.2, -0.15) is 13.2 Å². The molecule has 1 fully saturated rings. The molecule has 2 atom stereocenters. The number of rotatable bonds is 7. The van der Waals surface area contributed by atoms with Crippen molar-refractivity contribution >= 4 is 27.3 Å². The number of nitrogens with one attached hydrogen (secondary N) is 2. The number of halogens is 3. The number of hydrogen-bond acceptors (Lipinski definition) is 4. The molecule has 0 spiro atoms. The third kappa shape index (κ3) is 6.19. The summed E-state index contributed by atoms with van der Waals surface area (Å²) in [5, 5.41) is 2.49. The van der Waals surface area contributed by atoms with Crippen LogP contribution in [-0.2, 0) is 14.8 Å². The molecule has 1 amide bonds. The summed E-state index contributed by atoms with van der Waals surface area (Å²) in [5.74, 6) is -3.03. The first-order valence-corrected chi connectivity index (χ1v) is 12.2. The van der Waals surface area contributed by atoms with Gasteiger partial charge in [0.25, 0.3) is 10.0 Å². The third-order valence-corrected chi connectivity index (χ3v) is 7.21. The largest absolute Gasteiger partial charge is 0.494 e. The van der Waals surface area contributed by atoms with Crippen LogP contribution in [0.3, 0.4) is 0 Å². The predicted octanol–water partition coefficient (Wildman–Crippen LogP) is 5.50. The first kappa shape index (κ1) is 24.9. The Morgan fingerprint density at radius 1 is 1.06 bits per heavy atom. The lowest BCUT2D eigenvalue weighted by atomic mass is 9.78. The van der Waals surface area contributed by atoms with Crippen LogP contribution < -0.4 is 14.8 Å². The van der Waals surface area contributed by atoms with Gasteiger partial charge in [0.05, 0.1) is 17.4 Å². The van der Waals surface area contributed by atoms with Crippen molar-refractivity contribution in [2.45, 2.75) is 50.6 Å². The SMILES string of the molecule is CCOc1ccc(NS(=O)(=O)c2cc(NC(=O)C3CCCCC3C(F)(F)F)ccc2C)cc1. The number of hydrogen-bond donors (Lipinski definition) is 2. The van der Waals surface area contributed by atoms with Crippen molar-refractivity contribution in [3.63, 3.8) is 0 Å². The maximum atomic E-state index is 13.4. The fraction of sp³-hybridized carbons (Fsp3) is 0.435. The lowest BCUT2D eigenvalue weighted by molar-refractivity contribution is -0.197. The number of carbonyl (C=O) groups excluding carboxylic acids is 1. The van der Waals surface area contributed by atoms with E-state index in [9.17, 15) is 26.4 Å². The molecule has 180 valence electrons. The second kappa shape index (κ2) is 10.0. The van der Waals surface area contributed by atoms with Crippen LogP contribution >= 0.6 is 0 Å². The van der Waals surface area contributed by atoms with E-state index in [0.717, 1.165) is 0 Å². The van der Waals surface area contributed by atoms with Crippen molar-refractivity contribution in [2.75, 3.05) is 16.6 Å². The Morgan fingerprint density at radius 3 is 2.33 bits per heavy atom. The topological polar surface area (TPSA) is 84.5 Å². The molecular formula is C23H27F3N2O4S. The van der Waals surface area contributed by atoms with E-state index in [4.69, 9.17) is 4.74 Å². The molecule has 6 nitrogen and oxygen atoms in total. The maximum Gasteiger partial charge on any atom is 0.392 e. The Morgan fingerprint density at radius 2 is 1.70 bits per heavy atom. The van der Waals surface area contributed by atoms with Crippen molar-refractivity contribution < 1.29 is 31.1 Å². The summed E-state index contributed by atoms with van der Waals surface area (Å²) >= 11 is 0. The number of ether oxygens (including phenoxy) is 1. The molecule has 10 heteroatoms. The molecule has 2 aromatic rings. The van der Waals surface area contributed by atoms with E-state index in [2.05, 4.69) is 10.0 Å². The number of benzene rings is 2. The van der Waals surface area contributed by atoms with Crippen LogP contribution in [0.25, 0.3) is 0 Å². The van der Waals surface area contributed by atoms with Crippen LogP contribution in [0.2, 0.25) is 0 Å². The number of anilines is 2. The molecule has 0 aliphatic heterocycles. The van der Waals surface area contributed by atoms with Crippen LogP contribution in [0.4, 0.5) is 24.5 Å². The van der Waals surface area contributed by atoms with Gasteiger partial charge in [-0.3, -0.25) is 9.52 Å². The average molecular weight is 485 g/mol. The van der Waals surface area contributed by atoms with Crippen molar-refractivity contribution in [3.8, 4) is 5.75 Å². The van der Waals surface area contributed by atoms with E-state index < -0.39 is 33.9 Å². The summed E-state index contributed by atoms with van der Waals surface area (Å²) in [6.45, 7) is 3.91. The highest BCUT2D eigenvalue weighted by molar-refractivity contribution is 7.92. The summed E-state index contributed by atoms with van der Waals surface area (Å²) < 4.78 is 73.8. The molecule has 0 radical (unpaired) electrons. The van der Waals surface area contributed by atoms with Gasteiger partial charge in [-0.25, -0.2) is 8.42 Å². The molecule has 2 aromatic carbocycles. The number of sulfonamides is 1. The van der Waals surface area contributed by atoms with Crippen molar-refractivity contribution in [3.05, 3.63) is 48.0 Å². The Hall–Kier alpha value is -2.75.